The van der Waals surface area contributed by atoms with Gasteiger partial charge >= 0.3 is 5.97 Å². The second-order valence-corrected chi connectivity index (χ2v) is 10.6. The first-order valence-electron chi connectivity index (χ1n) is 13.0. The predicted octanol–water partition coefficient (Wildman–Crippen LogP) is 5.75. The second-order valence-electron chi connectivity index (χ2n) is 9.71. The highest BCUT2D eigenvalue weighted by Crippen LogP contribution is 2.34. The monoisotopic (exact) mass is 615 g/mol. The van der Waals surface area contributed by atoms with Crippen molar-refractivity contribution < 1.29 is 19.1 Å². The Labute approximate surface area is 245 Å². The number of rotatable bonds is 9. The Kier molecular flexibility index (Phi) is 7.94. The van der Waals surface area contributed by atoms with Crippen molar-refractivity contribution in [2.75, 3.05) is 14.2 Å². The molecule has 0 aliphatic carbocycles. The molecule has 0 unspecified atom stereocenters. The van der Waals surface area contributed by atoms with Crippen LogP contribution in [0.3, 0.4) is 0 Å². The SMILES string of the molecule is C=CCn1c(-c2nc3cc(C(=O)OC)cc(OC)c3n2C)cc2ccc([C@@H](C)NC(=O)Cc3cccc(Br)c3)nc21. The van der Waals surface area contributed by atoms with Crippen LogP contribution in [-0.4, -0.2) is 45.2 Å². The van der Waals surface area contributed by atoms with Crippen molar-refractivity contribution in [3.8, 4) is 17.3 Å². The Balaban J connectivity index is 1.52. The molecule has 3 aromatic heterocycles. The number of imidazole rings is 1. The molecule has 5 aromatic rings. The Hall–Kier alpha value is -4.44. The number of nitrogens with one attached hydrogen (secondary N) is 1. The number of pyridine rings is 1. The fraction of sp³-hybridized carbons (Fsp3) is 0.226. The van der Waals surface area contributed by atoms with Gasteiger partial charge in [-0.2, -0.15) is 0 Å². The minimum atomic E-state index is -0.465. The van der Waals surface area contributed by atoms with Gasteiger partial charge in [-0.1, -0.05) is 34.1 Å². The number of ether oxygens (including phenoxy) is 2. The van der Waals surface area contributed by atoms with Gasteiger partial charge in [-0.05, 0) is 55.0 Å². The molecule has 0 saturated carbocycles. The summed E-state index contributed by atoms with van der Waals surface area (Å²) in [7, 11) is 4.80. The summed E-state index contributed by atoms with van der Waals surface area (Å²) >= 11 is 3.45. The van der Waals surface area contributed by atoms with Gasteiger partial charge in [0.25, 0.3) is 0 Å². The highest BCUT2D eigenvalue weighted by molar-refractivity contribution is 9.10. The fourth-order valence-electron chi connectivity index (χ4n) is 5.01. The van der Waals surface area contributed by atoms with E-state index in [1.165, 1.54) is 7.11 Å². The number of aromatic nitrogens is 4. The summed E-state index contributed by atoms with van der Waals surface area (Å²) in [4.78, 5) is 34.8. The van der Waals surface area contributed by atoms with Gasteiger partial charge in [-0.25, -0.2) is 14.8 Å². The normalized spacial score (nSPS) is 11.9. The van der Waals surface area contributed by atoms with Gasteiger partial charge in [-0.15, -0.1) is 6.58 Å². The van der Waals surface area contributed by atoms with Gasteiger partial charge in [-0.3, -0.25) is 4.79 Å². The van der Waals surface area contributed by atoms with Crippen LogP contribution < -0.4 is 10.1 Å². The zero-order valence-corrected chi connectivity index (χ0v) is 24.9. The van der Waals surface area contributed by atoms with E-state index in [9.17, 15) is 9.59 Å². The van der Waals surface area contributed by atoms with E-state index in [4.69, 9.17) is 19.4 Å². The molecule has 41 heavy (non-hydrogen) atoms. The van der Waals surface area contributed by atoms with Crippen LogP contribution in [0.25, 0.3) is 33.6 Å². The quantitative estimate of drug-likeness (QED) is 0.167. The minimum absolute atomic E-state index is 0.0837. The summed E-state index contributed by atoms with van der Waals surface area (Å²) in [5.41, 5.74) is 4.96. The Morgan fingerprint density at radius 1 is 1.12 bits per heavy atom. The van der Waals surface area contributed by atoms with Gasteiger partial charge in [0.15, 0.2) is 5.82 Å². The highest BCUT2D eigenvalue weighted by Gasteiger charge is 2.22. The number of aryl methyl sites for hydroxylation is 1. The van der Waals surface area contributed by atoms with Crippen molar-refractivity contribution in [1.82, 2.24) is 24.4 Å². The highest BCUT2D eigenvalue weighted by atomic mass is 79.9. The molecule has 210 valence electrons. The zero-order valence-electron chi connectivity index (χ0n) is 23.3. The molecule has 0 aliphatic rings. The van der Waals surface area contributed by atoms with Crippen molar-refractivity contribution in [3.05, 3.63) is 88.5 Å². The predicted molar refractivity (Wildman–Crippen MR) is 162 cm³/mol. The van der Waals surface area contributed by atoms with E-state index in [-0.39, 0.29) is 18.4 Å². The second kappa shape index (κ2) is 11.6. The Morgan fingerprint density at radius 3 is 2.63 bits per heavy atom. The third-order valence-corrected chi connectivity index (χ3v) is 7.45. The summed E-state index contributed by atoms with van der Waals surface area (Å²) in [5.74, 6) is 0.646. The van der Waals surface area contributed by atoms with Gasteiger partial charge in [0.1, 0.15) is 16.9 Å². The number of hydrogen-bond acceptors (Lipinski definition) is 6. The molecule has 0 spiro atoms. The number of carbonyl (C=O) groups is 2. The average Bonchev–Trinajstić information content (AvgIpc) is 3.48. The van der Waals surface area contributed by atoms with E-state index in [0.717, 1.165) is 38.0 Å². The molecule has 0 radical (unpaired) electrons. The van der Waals surface area contributed by atoms with Crippen molar-refractivity contribution >= 4 is 49.9 Å². The summed E-state index contributed by atoms with van der Waals surface area (Å²) in [6, 6.07) is 16.7. The summed E-state index contributed by atoms with van der Waals surface area (Å²) in [6.07, 6.45) is 2.08. The number of fused-ring (bicyclic) bond motifs is 2. The van der Waals surface area contributed by atoms with E-state index in [1.54, 1.807) is 25.3 Å². The zero-order chi connectivity index (χ0) is 29.3. The maximum Gasteiger partial charge on any atom is 0.338 e. The Bertz CT molecular complexity index is 1810. The van der Waals surface area contributed by atoms with Gasteiger partial charge < -0.3 is 23.9 Å². The van der Waals surface area contributed by atoms with Crippen LogP contribution in [0.15, 0.2) is 71.7 Å². The van der Waals surface area contributed by atoms with Crippen LogP contribution in [0.1, 0.15) is 34.6 Å². The van der Waals surface area contributed by atoms with E-state index in [2.05, 4.69) is 27.8 Å². The molecule has 3 heterocycles. The van der Waals surface area contributed by atoms with Crippen LogP contribution in [-0.2, 0) is 29.5 Å². The van der Waals surface area contributed by atoms with Crippen LogP contribution in [0.5, 0.6) is 5.75 Å². The topological polar surface area (TPSA) is 100 Å². The molecule has 1 N–H and O–H groups in total. The number of halogens is 1. The molecular formula is C31H30BrN5O4. The van der Waals surface area contributed by atoms with Gasteiger partial charge in [0.2, 0.25) is 5.91 Å². The number of allylic oxidation sites excluding steroid dienone is 1. The fourth-order valence-corrected chi connectivity index (χ4v) is 5.46. The molecule has 1 amide bonds. The maximum atomic E-state index is 12.8. The van der Waals surface area contributed by atoms with Gasteiger partial charge in [0.05, 0.1) is 49.2 Å². The smallest absolute Gasteiger partial charge is 0.338 e. The molecule has 1 atom stereocenters. The van der Waals surface area contributed by atoms with Crippen molar-refractivity contribution in [3.63, 3.8) is 0 Å². The first kappa shape index (κ1) is 28.1. The first-order valence-corrected chi connectivity index (χ1v) is 13.8. The number of hydrogen-bond donors (Lipinski definition) is 1. The molecular weight excluding hydrogens is 586 g/mol. The van der Waals surface area contributed by atoms with Gasteiger partial charge in [0, 0.05) is 23.5 Å². The largest absolute Gasteiger partial charge is 0.494 e. The number of esters is 1. The molecule has 2 aromatic carbocycles. The lowest BCUT2D eigenvalue weighted by Crippen LogP contribution is -2.28. The molecule has 0 saturated heterocycles. The number of nitrogens with zero attached hydrogens (tertiary/aromatic N) is 4. The number of carbonyl (C=O) groups excluding carboxylic acids is 2. The lowest BCUT2D eigenvalue weighted by Gasteiger charge is -2.15. The molecule has 9 nitrogen and oxygen atoms in total. The third-order valence-electron chi connectivity index (χ3n) is 6.96. The standard InChI is InChI=1S/C31H30BrN5O4/c1-6-12-37-25(30-35-24-15-21(31(39)41-5)17-26(40-4)28(24)36(30)3)16-20-10-11-23(34-29(20)37)18(2)33-27(38)14-19-8-7-9-22(32)13-19/h6-11,13,15-18H,1,12,14H2,2-5H3,(H,33,38)/t18-/m1/s1. The lowest BCUT2D eigenvalue weighted by atomic mass is 10.1. The lowest BCUT2D eigenvalue weighted by molar-refractivity contribution is -0.121. The van der Waals surface area contributed by atoms with Crippen molar-refractivity contribution in [2.24, 2.45) is 7.05 Å². The van der Waals surface area contributed by atoms with Crippen LogP contribution >= 0.6 is 15.9 Å². The third kappa shape index (κ3) is 5.47. The molecule has 0 fully saturated rings. The van der Waals surface area contributed by atoms with Crippen LogP contribution in [0.4, 0.5) is 0 Å². The van der Waals surface area contributed by atoms with Crippen LogP contribution in [0.2, 0.25) is 0 Å². The van der Waals surface area contributed by atoms with E-state index in [0.29, 0.717) is 29.2 Å². The molecule has 0 aliphatic heterocycles. The molecule has 10 heteroatoms. The van der Waals surface area contributed by atoms with Crippen molar-refractivity contribution in [2.45, 2.75) is 25.9 Å². The number of amides is 1. The minimum Gasteiger partial charge on any atom is -0.494 e. The Morgan fingerprint density at radius 2 is 1.93 bits per heavy atom. The average molecular weight is 617 g/mol. The maximum absolute atomic E-state index is 12.8. The first-order chi connectivity index (χ1) is 19.7. The van der Waals surface area contributed by atoms with Crippen molar-refractivity contribution in [1.29, 1.82) is 0 Å². The van der Waals surface area contributed by atoms with E-state index in [1.807, 2.05) is 65.6 Å². The number of benzene rings is 2. The van der Waals surface area contributed by atoms with E-state index < -0.39 is 5.97 Å². The number of methoxy groups -OCH3 is 2. The molecule has 5 rings (SSSR count). The molecule has 0 bridgehead atoms. The summed E-state index contributed by atoms with van der Waals surface area (Å²) in [6.45, 7) is 6.36. The summed E-state index contributed by atoms with van der Waals surface area (Å²) in [5, 5.41) is 3.99. The summed E-state index contributed by atoms with van der Waals surface area (Å²) < 4.78 is 15.4. The van der Waals surface area contributed by atoms with Crippen LogP contribution in [0, 0.1) is 0 Å². The van der Waals surface area contributed by atoms with E-state index >= 15 is 0 Å².